The van der Waals surface area contributed by atoms with Crippen LogP contribution in [0.15, 0.2) is 50.3 Å². The van der Waals surface area contributed by atoms with Gasteiger partial charge in [0.15, 0.2) is 11.0 Å². The smallest absolute Gasteiger partial charge is 0.192 e. The highest BCUT2D eigenvalue weighted by atomic mass is 79.9. The van der Waals surface area contributed by atoms with Gasteiger partial charge < -0.3 is 10.9 Å². The lowest BCUT2D eigenvalue weighted by Gasteiger charge is -2.07. The number of halogens is 1. The molecule has 98 valence electrons. The molecule has 0 spiro atoms. The minimum atomic E-state index is 0.0575. The number of hydrogen-bond donors (Lipinski definition) is 2. The summed E-state index contributed by atoms with van der Waals surface area (Å²) in [6, 6.07) is 5.48. The number of nitrogens with zero attached hydrogens (tertiary/aromatic N) is 3. The van der Waals surface area contributed by atoms with E-state index in [1.807, 2.05) is 19.1 Å². The molecular formula is C12H11BrN4OS. The quantitative estimate of drug-likeness (QED) is 0.295. The first-order valence-electron chi connectivity index (χ1n) is 5.34. The lowest BCUT2D eigenvalue weighted by molar-refractivity contribution is 0.318. The molecular weight excluding hydrogens is 328 g/mol. The van der Waals surface area contributed by atoms with E-state index in [0.29, 0.717) is 10.7 Å². The summed E-state index contributed by atoms with van der Waals surface area (Å²) < 4.78 is 0.900. The third-order valence-corrected chi connectivity index (χ3v) is 3.73. The molecule has 0 radical (unpaired) electrons. The van der Waals surface area contributed by atoms with Crippen molar-refractivity contribution in [3.05, 3.63) is 46.2 Å². The number of aromatic nitrogens is 2. The second kappa shape index (κ2) is 6.03. The van der Waals surface area contributed by atoms with Gasteiger partial charge in [-0.15, -0.1) is 0 Å². The van der Waals surface area contributed by atoms with Crippen molar-refractivity contribution in [2.24, 2.45) is 10.9 Å². The third kappa shape index (κ3) is 3.45. The molecule has 0 atom stereocenters. The molecule has 0 saturated heterocycles. The van der Waals surface area contributed by atoms with E-state index in [0.717, 1.165) is 14.9 Å². The fourth-order valence-corrected chi connectivity index (χ4v) is 2.77. The van der Waals surface area contributed by atoms with Gasteiger partial charge in [-0.1, -0.05) is 21.1 Å². The molecule has 1 aromatic carbocycles. The summed E-state index contributed by atoms with van der Waals surface area (Å²) in [5, 5.41) is 12.4. The van der Waals surface area contributed by atoms with Gasteiger partial charge in [0.25, 0.3) is 0 Å². The van der Waals surface area contributed by atoms with Gasteiger partial charge in [0.1, 0.15) is 0 Å². The van der Waals surface area contributed by atoms with Gasteiger partial charge in [0.05, 0.1) is 0 Å². The number of amidine groups is 1. The molecule has 0 aliphatic rings. The summed E-state index contributed by atoms with van der Waals surface area (Å²) in [5.74, 6) is 0.0575. The Balaban J connectivity index is 2.38. The molecule has 1 aromatic heterocycles. The Morgan fingerprint density at radius 1 is 1.37 bits per heavy atom. The van der Waals surface area contributed by atoms with Crippen LogP contribution in [0, 0.1) is 6.92 Å². The van der Waals surface area contributed by atoms with E-state index in [-0.39, 0.29) is 5.84 Å². The van der Waals surface area contributed by atoms with Crippen LogP contribution in [0.25, 0.3) is 0 Å². The minimum absolute atomic E-state index is 0.0575. The van der Waals surface area contributed by atoms with Crippen molar-refractivity contribution in [2.45, 2.75) is 17.0 Å². The summed E-state index contributed by atoms with van der Waals surface area (Å²) in [4.78, 5) is 9.26. The standard InChI is InChI=1S/C12H11BrN4OS/c1-7-5-15-12(16-6-7)19-10-4-8(13)2-3-9(10)11(14)17-18/h2-6,18H,1H3,(H2,14,17). The average molecular weight is 339 g/mol. The zero-order chi connectivity index (χ0) is 13.8. The number of oxime groups is 1. The SMILES string of the molecule is Cc1cnc(Sc2cc(Br)ccc2/C(N)=N/O)nc1. The van der Waals surface area contributed by atoms with Crippen LogP contribution < -0.4 is 5.73 Å². The zero-order valence-electron chi connectivity index (χ0n) is 10.0. The van der Waals surface area contributed by atoms with Crippen molar-refractivity contribution in [1.29, 1.82) is 0 Å². The number of hydrogen-bond acceptors (Lipinski definition) is 5. The summed E-state index contributed by atoms with van der Waals surface area (Å²) in [6.45, 7) is 1.93. The molecule has 0 aliphatic heterocycles. The number of nitrogens with two attached hydrogens (primary N) is 1. The number of rotatable bonds is 3. The van der Waals surface area contributed by atoms with Crippen LogP contribution in [0.5, 0.6) is 0 Å². The van der Waals surface area contributed by atoms with Crippen LogP contribution in [0.2, 0.25) is 0 Å². The highest BCUT2D eigenvalue weighted by Gasteiger charge is 2.10. The van der Waals surface area contributed by atoms with Crippen molar-refractivity contribution in [1.82, 2.24) is 9.97 Å². The maximum atomic E-state index is 8.80. The van der Waals surface area contributed by atoms with Crippen molar-refractivity contribution in [2.75, 3.05) is 0 Å². The van der Waals surface area contributed by atoms with Gasteiger partial charge in [-0.3, -0.25) is 0 Å². The van der Waals surface area contributed by atoms with Crippen molar-refractivity contribution in [3.8, 4) is 0 Å². The molecule has 0 saturated carbocycles. The van der Waals surface area contributed by atoms with Crippen LogP contribution in [0.1, 0.15) is 11.1 Å². The molecule has 5 nitrogen and oxygen atoms in total. The van der Waals surface area contributed by atoms with Gasteiger partial charge in [-0.2, -0.15) is 0 Å². The summed E-state index contributed by atoms with van der Waals surface area (Å²) in [6.07, 6.45) is 3.49. The maximum absolute atomic E-state index is 8.80. The van der Waals surface area contributed by atoms with Gasteiger partial charge in [0.2, 0.25) is 0 Å². The van der Waals surface area contributed by atoms with E-state index in [1.54, 1.807) is 18.5 Å². The lowest BCUT2D eigenvalue weighted by atomic mass is 10.2. The Morgan fingerprint density at radius 2 is 2.05 bits per heavy atom. The van der Waals surface area contributed by atoms with Crippen molar-refractivity contribution < 1.29 is 5.21 Å². The highest BCUT2D eigenvalue weighted by molar-refractivity contribution is 9.10. The molecule has 0 bridgehead atoms. The van der Waals surface area contributed by atoms with E-state index in [1.165, 1.54) is 11.8 Å². The van der Waals surface area contributed by atoms with Gasteiger partial charge in [-0.05, 0) is 42.4 Å². The van der Waals surface area contributed by atoms with E-state index >= 15 is 0 Å². The minimum Gasteiger partial charge on any atom is -0.409 e. The molecule has 19 heavy (non-hydrogen) atoms. The first-order valence-corrected chi connectivity index (χ1v) is 6.95. The summed E-state index contributed by atoms with van der Waals surface area (Å²) in [7, 11) is 0. The molecule has 3 N–H and O–H groups in total. The molecule has 0 aliphatic carbocycles. The van der Waals surface area contributed by atoms with E-state index in [4.69, 9.17) is 10.9 Å². The molecule has 7 heteroatoms. The predicted octanol–water partition coefficient (Wildman–Crippen LogP) is 2.79. The largest absolute Gasteiger partial charge is 0.409 e. The summed E-state index contributed by atoms with van der Waals surface area (Å²) in [5.41, 5.74) is 7.29. The number of aryl methyl sites for hydroxylation is 1. The second-order valence-corrected chi connectivity index (χ2v) is 5.70. The third-order valence-electron chi connectivity index (χ3n) is 2.29. The molecule has 1 heterocycles. The Labute approximate surface area is 123 Å². The van der Waals surface area contributed by atoms with Crippen molar-refractivity contribution >= 4 is 33.5 Å². The van der Waals surface area contributed by atoms with Crippen molar-refractivity contribution in [3.63, 3.8) is 0 Å². The Bertz CT molecular complexity index is 616. The fourth-order valence-electron chi connectivity index (χ4n) is 1.38. The number of benzene rings is 1. The van der Waals surface area contributed by atoms with Gasteiger partial charge in [0, 0.05) is 27.3 Å². The van der Waals surface area contributed by atoms with E-state index < -0.39 is 0 Å². The monoisotopic (exact) mass is 338 g/mol. The van der Waals surface area contributed by atoms with Crippen LogP contribution in [-0.4, -0.2) is 21.0 Å². The topological polar surface area (TPSA) is 84.4 Å². The Hall–Kier alpha value is -1.60. The van der Waals surface area contributed by atoms with Crippen LogP contribution in [-0.2, 0) is 0 Å². The fraction of sp³-hybridized carbons (Fsp3) is 0.0833. The maximum Gasteiger partial charge on any atom is 0.192 e. The Morgan fingerprint density at radius 3 is 2.68 bits per heavy atom. The molecule has 0 fully saturated rings. The summed E-state index contributed by atoms with van der Waals surface area (Å²) >= 11 is 4.75. The van der Waals surface area contributed by atoms with Crippen LogP contribution >= 0.6 is 27.7 Å². The first-order chi connectivity index (χ1) is 9.10. The average Bonchev–Trinajstić information content (AvgIpc) is 2.41. The van der Waals surface area contributed by atoms with Gasteiger partial charge in [-0.25, -0.2) is 9.97 Å². The van der Waals surface area contributed by atoms with E-state index in [2.05, 4.69) is 31.1 Å². The second-order valence-electron chi connectivity index (χ2n) is 3.77. The lowest BCUT2D eigenvalue weighted by Crippen LogP contribution is -2.14. The highest BCUT2D eigenvalue weighted by Crippen LogP contribution is 2.30. The molecule has 0 amide bonds. The van der Waals surface area contributed by atoms with Crippen LogP contribution in [0.3, 0.4) is 0 Å². The first kappa shape index (κ1) is 13.8. The van der Waals surface area contributed by atoms with Gasteiger partial charge >= 0.3 is 0 Å². The molecule has 0 unspecified atom stereocenters. The molecule has 2 aromatic rings. The molecule has 2 rings (SSSR count). The normalized spacial score (nSPS) is 11.6. The zero-order valence-corrected chi connectivity index (χ0v) is 12.4. The van der Waals surface area contributed by atoms with Crippen LogP contribution in [0.4, 0.5) is 0 Å². The van der Waals surface area contributed by atoms with E-state index in [9.17, 15) is 0 Å². The Kier molecular flexibility index (Phi) is 4.39. The predicted molar refractivity (Wildman–Crippen MR) is 77.5 cm³/mol.